The summed E-state index contributed by atoms with van der Waals surface area (Å²) in [6.07, 6.45) is 0. The van der Waals surface area contributed by atoms with E-state index in [4.69, 9.17) is 0 Å². The summed E-state index contributed by atoms with van der Waals surface area (Å²) in [7, 11) is 1.34. The van der Waals surface area contributed by atoms with Gasteiger partial charge in [0, 0.05) is 0 Å². The third kappa shape index (κ3) is 0.636. The first-order chi connectivity index (χ1) is 2.89. The minimum atomic E-state index is 1.34. The van der Waals surface area contributed by atoms with Gasteiger partial charge in [-0.05, 0) is 6.92 Å². The van der Waals surface area contributed by atoms with Gasteiger partial charge >= 0.3 is 0 Å². The molecule has 0 spiro atoms. The summed E-state index contributed by atoms with van der Waals surface area (Å²) >= 11 is 0. The summed E-state index contributed by atoms with van der Waals surface area (Å²) in [6, 6.07) is 2.13. The molecule has 0 unspecified atom stereocenters. The predicted octanol–water partition coefficient (Wildman–Crippen LogP) is 2.29. The molecule has 1 aromatic heterocycles. The highest BCUT2D eigenvalue weighted by molar-refractivity contribution is 7.28. The van der Waals surface area contributed by atoms with Crippen LogP contribution in [0.15, 0.2) is 17.7 Å². The Morgan fingerprint density at radius 3 is 2.67 bits per heavy atom. The van der Waals surface area contributed by atoms with Gasteiger partial charge in [0.05, 0.1) is 0 Å². The van der Waals surface area contributed by atoms with Crippen molar-refractivity contribution in [3.05, 3.63) is 23.2 Å². The fourth-order valence-electron chi connectivity index (χ4n) is 0.364. The lowest BCUT2D eigenvalue weighted by atomic mass is 10.4. The molecular formula is C5H6P-. The maximum absolute atomic E-state index is 2.18. The monoisotopic (exact) mass is 97.0 g/mol. The lowest BCUT2D eigenvalue weighted by Crippen LogP contribution is -1.47. The fourth-order valence-corrected chi connectivity index (χ4v) is 1.09. The number of hydrogen-bond donors (Lipinski definition) is 0. The summed E-state index contributed by atoms with van der Waals surface area (Å²) in [5, 5.41) is 0. The second-order valence-corrected chi connectivity index (χ2v) is 2.19. The van der Waals surface area contributed by atoms with Crippen molar-refractivity contribution in [3.8, 4) is 0 Å². The predicted molar refractivity (Wildman–Crippen MR) is 29.3 cm³/mol. The van der Waals surface area contributed by atoms with Crippen LogP contribution in [0.2, 0.25) is 0 Å². The van der Waals surface area contributed by atoms with Crippen LogP contribution in [0.4, 0.5) is 0 Å². The van der Waals surface area contributed by atoms with E-state index in [0.717, 1.165) is 0 Å². The van der Waals surface area contributed by atoms with E-state index in [2.05, 4.69) is 24.6 Å². The van der Waals surface area contributed by atoms with E-state index in [1.165, 1.54) is 13.8 Å². The average Bonchev–Trinajstić information content (AvgIpc) is 1.86. The Kier molecular flexibility index (Phi) is 0.979. The van der Waals surface area contributed by atoms with Crippen molar-refractivity contribution in [2.24, 2.45) is 0 Å². The van der Waals surface area contributed by atoms with Crippen molar-refractivity contribution < 1.29 is 0 Å². The van der Waals surface area contributed by atoms with Gasteiger partial charge in [0.1, 0.15) is 0 Å². The standard InChI is InChI=1S/C5H6P/c1-5-2-3-6-4-5/h2-4H,1H3/q-1. The normalized spacial score (nSPS) is 10.2. The average molecular weight is 97.1 g/mol. The van der Waals surface area contributed by atoms with Crippen LogP contribution in [0.3, 0.4) is 0 Å². The fraction of sp³-hybridized carbons (Fsp3) is 0.200. The van der Waals surface area contributed by atoms with Gasteiger partial charge in [-0.25, -0.2) is 11.6 Å². The maximum atomic E-state index is 2.18. The van der Waals surface area contributed by atoms with Crippen LogP contribution in [0.1, 0.15) is 5.56 Å². The zero-order valence-corrected chi connectivity index (χ0v) is 4.57. The summed E-state index contributed by atoms with van der Waals surface area (Å²) in [5.74, 6) is 4.31. The van der Waals surface area contributed by atoms with Crippen LogP contribution < -0.4 is 0 Å². The molecule has 0 aliphatic carbocycles. The topological polar surface area (TPSA) is 0 Å². The van der Waals surface area contributed by atoms with Crippen LogP contribution >= 0.6 is 8.19 Å². The number of aryl methyl sites for hydroxylation is 1. The van der Waals surface area contributed by atoms with Crippen molar-refractivity contribution >= 4 is 8.19 Å². The second-order valence-electron chi connectivity index (χ2n) is 1.34. The van der Waals surface area contributed by atoms with E-state index in [0.29, 0.717) is 0 Å². The lowest BCUT2D eigenvalue weighted by molar-refractivity contribution is 1.56. The Balaban J connectivity index is 3.05. The molecule has 1 heteroatoms. The minimum Gasteiger partial charge on any atom is -0.531 e. The first kappa shape index (κ1) is 3.95. The van der Waals surface area contributed by atoms with Gasteiger partial charge < -0.3 is 8.19 Å². The van der Waals surface area contributed by atoms with Crippen LogP contribution in [0.5, 0.6) is 0 Å². The van der Waals surface area contributed by atoms with E-state index in [9.17, 15) is 0 Å². The molecule has 6 heavy (non-hydrogen) atoms. The van der Waals surface area contributed by atoms with E-state index in [1.54, 1.807) is 0 Å². The van der Waals surface area contributed by atoms with Gasteiger partial charge in [-0.15, -0.1) is 0 Å². The van der Waals surface area contributed by atoms with Crippen molar-refractivity contribution in [2.75, 3.05) is 0 Å². The Hall–Kier alpha value is -0.220. The highest BCUT2D eigenvalue weighted by Crippen LogP contribution is 2.07. The van der Waals surface area contributed by atoms with E-state index < -0.39 is 0 Å². The number of rotatable bonds is 0. The third-order valence-electron chi connectivity index (χ3n) is 0.702. The van der Waals surface area contributed by atoms with Gasteiger partial charge in [-0.3, -0.25) is 0 Å². The molecule has 1 aromatic rings. The maximum Gasteiger partial charge on any atom is -0.0424 e. The molecule has 0 saturated heterocycles. The molecule has 0 fully saturated rings. The molecule has 0 saturated carbocycles. The molecule has 0 atom stereocenters. The molecular weight excluding hydrogens is 91.0 g/mol. The Morgan fingerprint density at radius 1 is 1.67 bits per heavy atom. The molecule has 1 heterocycles. The van der Waals surface area contributed by atoms with Crippen LogP contribution in [0, 0.1) is 6.92 Å². The van der Waals surface area contributed by atoms with Crippen molar-refractivity contribution in [3.63, 3.8) is 0 Å². The van der Waals surface area contributed by atoms with Gasteiger partial charge in [0.25, 0.3) is 0 Å². The van der Waals surface area contributed by atoms with E-state index in [1.807, 2.05) is 0 Å². The molecule has 0 radical (unpaired) electrons. The molecule has 0 amide bonds. The molecule has 0 N–H and O–H groups in total. The van der Waals surface area contributed by atoms with E-state index in [-0.39, 0.29) is 0 Å². The Bertz CT molecular complexity index is 107. The SMILES string of the molecule is Cc1cc[p-]c1. The van der Waals surface area contributed by atoms with Gasteiger partial charge in [-0.2, -0.15) is 0 Å². The van der Waals surface area contributed by atoms with Gasteiger partial charge in [0.15, 0.2) is 0 Å². The van der Waals surface area contributed by atoms with E-state index >= 15 is 0 Å². The second kappa shape index (κ2) is 1.49. The molecule has 0 bridgehead atoms. The van der Waals surface area contributed by atoms with Crippen molar-refractivity contribution in [2.45, 2.75) is 6.92 Å². The molecule has 0 aliphatic rings. The van der Waals surface area contributed by atoms with Crippen molar-refractivity contribution in [1.29, 1.82) is 0 Å². The molecule has 32 valence electrons. The van der Waals surface area contributed by atoms with Gasteiger partial charge in [0.2, 0.25) is 0 Å². The molecule has 1 rings (SSSR count). The van der Waals surface area contributed by atoms with Crippen LogP contribution in [-0.4, -0.2) is 0 Å². The first-order valence-corrected chi connectivity index (χ1v) is 2.96. The minimum absolute atomic E-state index is 1.34. The Morgan fingerprint density at radius 2 is 2.50 bits per heavy atom. The number of hydrogen-bond acceptors (Lipinski definition) is 0. The molecule has 0 nitrogen and oxygen atoms in total. The summed E-state index contributed by atoms with van der Waals surface area (Å²) in [6.45, 7) is 2.11. The zero-order chi connectivity index (χ0) is 4.41. The highest BCUT2D eigenvalue weighted by Gasteiger charge is 1.62. The van der Waals surface area contributed by atoms with Crippen LogP contribution in [0.25, 0.3) is 0 Å². The summed E-state index contributed by atoms with van der Waals surface area (Å²) < 4.78 is 0. The highest BCUT2D eigenvalue weighted by atomic mass is 31.0. The smallest absolute Gasteiger partial charge is 0.0424 e. The molecule has 0 aliphatic heterocycles. The lowest BCUT2D eigenvalue weighted by Gasteiger charge is -1.75. The van der Waals surface area contributed by atoms with Crippen LogP contribution in [-0.2, 0) is 0 Å². The summed E-state index contributed by atoms with van der Waals surface area (Å²) in [4.78, 5) is 0. The van der Waals surface area contributed by atoms with Crippen molar-refractivity contribution in [1.82, 2.24) is 0 Å². The third-order valence-corrected chi connectivity index (χ3v) is 1.58. The quantitative estimate of drug-likeness (QED) is 0.466. The largest absolute Gasteiger partial charge is 0.531 e. The van der Waals surface area contributed by atoms with Gasteiger partial charge in [-0.1, -0.05) is 11.6 Å². The zero-order valence-electron chi connectivity index (χ0n) is 3.68. The first-order valence-electron chi connectivity index (χ1n) is 1.93. The Labute approximate surface area is 39.3 Å². The molecule has 0 aromatic carbocycles. The summed E-state index contributed by atoms with van der Waals surface area (Å²) in [5.41, 5.74) is 1.39.